The molecular formula is C69H59NO. The Morgan fingerprint density at radius 3 is 1.58 bits per heavy atom. The van der Waals surface area contributed by atoms with Crippen LogP contribution in [0.2, 0.25) is 0 Å². The Kier molecular flexibility index (Phi) is 10.7. The van der Waals surface area contributed by atoms with E-state index in [-0.39, 0.29) is 22.7 Å². The zero-order valence-electron chi connectivity index (χ0n) is 41.5. The molecule has 0 saturated heterocycles. The molecule has 346 valence electrons. The van der Waals surface area contributed by atoms with Crippen LogP contribution >= 0.6 is 0 Å². The minimum Gasteiger partial charge on any atom is -0.457 e. The molecule has 1 spiro atoms. The van der Waals surface area contributed by atoms with Crippen LogP contribution in [-0.4, -0.2) is 0 Å². The second-order valence-electron chi connectivity index (χ2n) is 21.6. The summed E-state index contributed by atoms with van der Waals surface area (Å²) >= 11 is 0. The van der Waals surface area contributed by atoms with Gasteiger partial charge in [0.15, 0.2) is 0 Å². The molecule has 2 unspecified atom stereocenters. The Hall–Kier alpha value is -7.94. The fourth-order valence-corrected chi connectivity index (χ4v) is 11.7. The normalized spacial score (nSPS) is 16.1. The van der Waals surface area contributed by atoms with Gasteiger partial charge in [0.1, 0.15) is 11.5 Å². The van der Waals surface area contributed by atoms with Gasteiger partial charge in [0.25, 0.3) is 0 Å². The molecule has 2 nitrogen and oxygen atoms in total. The number of para-hydroxylation sites is 1. The first-order chi connectivity index (χ1) is 34.5. The molecular weight excluding hydrogens is 859 g/mol. The topological polar surface area (TPSA) is 12.5 Å². The molecule has 2 atom stereocenters. The Morgan fingerprint density at radius 1 is 0.394 bits per heavy atom. The Bertz CT molecular complexity index is 3460. The van der Waals surface area contributed by atoms with Gasteiger partial charge >= 0.3 is 0 Å². The standard InChI is InChI=1S/C69H59NO/c1-67(2,3)49-35-41-65-62(43-49)69(63-44-50(68(4,5)6)36-42-66(63)71-65)60-31-19-17-29-57(60)58-40-39-52(45-61(58)69)70(51-37-33-47(34-38-51)46-21-9-7-10-22-46)64-32-20-18-30-59(64)56-28-16-15-27-55(56)54-26-14-13-25-53(54)48-23-11-8-12-24-48/h7-45,53-54H,1-6H3. The van der Waals surface area contributed by atoms with Crippen molar-refractivity contribution in [2.45, 2.75) is 69.6 Å². The molecule has 1 aliphatic heterocycles. The predicted molar refractivity (Wildman–Crippen MR) is 297 cm³/mol. The van der Waals surface area contributed by atoms with Crippen LogP contribution in [0.15, 0.2) is 237 Å². The van der Waals surface area contributed by atoms with Crippen molar-refractivity contribution in [1.82, 2.24) is 0 Å². The number of benzene rings is 9. The number of hydrogen-bond donors (Lipinski definition) is 0. The van der Waals surface area contributed by atoms with Gasteiger partial charge in [-0.05, 0) is 127 Å². The molecule has 2 heteroatoms. The van der Waals surface area contributed by atoms with E-state index in [0.29, 0.717) is 0 Å². The summed E-state index contributed by atoms with van der Waals surface area (Å²) in [5.41, 5.74) is 19.8. The zero-order chi connectivity index (χ0) is 48.5. The largest absolute Gasteiger partial charge is 0.457 e. The summed E-state index contributed by atoms with van der Waals surface area (Å²) in [6.07, 6.45) is 9.17. The lowest BCUT2D eigenvalue weighted by Crippen LogP contribution is -2.33. The summed E-state index contributed by atoms with van der Waals surface area (Å²) < 4.78 is 7.04. The fraction of sp³-hybridized carbons (Fsp3) is 0.159. The third-order valence-corrected chi connectivity index (χ3v) is 15.3. The van der Waals surface area contributed by atoms with Gasteiger partial charge in [0, 0.05) is 39.9 Å². The maximum absolute atomic E-state index is 7.04. The molecule has 1 heterocycles. The van der Waals surface area contributed by atoms with E-state index in [9.17, 15) is 0 Å². The second kappa shape index (κ2) is 17.2. The van der Waals surface area contributed by atoms with Gasteiger partial charge in [-0.2, -0.15) is 0 Å². The van der Waals surface area contributed by atoms with Crippen LogP contribution in [0.5, 0.6) is 11.5 Å². The lowest BCUT2D eigenvalue weighted by Gasteiger charge is -2.41. The summed E-state index contributed by atoms with van der Waals surface area (Å²) in [4.78, 5) is 2.50. The monoisotopic (exact) mass is 917 g/mol. The maximum atomic E-state index is 7.04. The van der Waals surface area contributed by atoms with Crippen molar-refractivity contribution >= 4 is 17.1 Å². The summed E-state index contributed by atoms with van der Waals surface area (Å²) in [6, 6.07) is 79.1. The SMILES string of the molecule is CC(C)(C)c1ccc2c(c1)C1(c3cc(C(C)(C)C)ccc3O2)c2ccccc2-c2ccc(N(c3ccc(-c4ccccc4)cc3)c3ccccc3-c3ccccc3C3C=CC=CC3c3ccccc3)cc21. The highest BCUT2D eigenvalue weighted by atomic mass is 16.5. The first-order valence-corrected chi connectivity index (χ1v) is 25.2. The number of hydrogen-bond acceptors (Lipinski definition) is 2. The minimum atomic E-state index is -0.671. The van der Waals surface area contributed by atoms with E-state index < -0.39 is 5.41 Å². The smallest absolute Gasteiger partial charge is 0.132 e. The Morgan fingerprint density at radius 2 is 0.915 bits per heavy atom. The van der Waals surface area contributed by atoms with Gasteiger partial charge in [-0.1, -0.05) is 224 Å². The van der Waals surface area contributed by atoms with Crippen LogP contribution < -0.4 is 9.64 Å². The zero-order valence-corrected chi connectivity index (χ0v) is 41.5. The third-order valence-electron chi connectivity index (χ3n) is 15.3. The van der Waals surface area contributed by atoms with Gasteiger partial charge < -0.3 is 9.64 Å². The van der Waals surface area contributed by atoms with Crippen LogP contribution in [0.25, 0.3) is 33.4 Å². The molecule has 9 aromatic carbocycles. The van der Waals surface area contributed by atoms with Gasteiger partial charge in [0.2, 0.25) is 0 Å². The average Bonchev–Trinajstić information content (AvgIpc) is 3.69. The van der Waals surface area contributed by atoms with Gasteiger partial charge in [0.05, 0.1) is 11.1 Å². The van der Waals surface area contributed by atoms with Crippen LogP contribution in [-0.2, 0) is 16.2 Å². The molecule has 0 bridgehead atoms. The molecule has 0 N–H and O–H groups in total. The molecule has 3 aliphatic rings. The van der Waals surface area contributed by atoms with Crippen molar-refractivity contribution in [2.75, 3.05) is 4.90 Å². The lowest BCUT2D eigenvalue weighted by atomic mass is 9.64. The number of allylic oxidation sites excluding steroid dienone is 4. The molecule has 0 aromatic heterocycles. The van der Waals surface area contributed by atoms with Crippen molar-refractivity contribution in [3.8, 4) is 44.9 Å². The highest BCUT2D eigenvalue weighted by Crippen LogP contribution is 2.63. The number of rotatable bonds is 7. The summed E-state index contributed by atoms with van der Waals surface area (Å²) in [7, 11) is 0. The first kappa shape index (κ1) is 44.3. The molecule has 71 heavy (non-hydrogen) atoms. The van der Waals surface area contributed by atoms with Crippen molar-refractivity contribution in [3.63, 3.8) is 0 Å². The second-order valence-corrected chi connectivity index (χ2v) is 21.6. The van der Waals surface area contributed by atoms with E-state index in [1.165, 1.54) is 77.9 Å². The number of anilines is 3. The first-order valence-electron chi connectivity index (χ1n) is 25.2. The minimum absolute atomic E-state index is 0.0832. The van der Waals surface area contributed by atoms with Crippen LogP contribution in [0, 0.1) is 0 Å². The highest BCUT2D eigenvalue weighted by molar-refractivity contribution is 5.94. The van der Waals surface area contributed by atoms with Crippen LogP contribution in [0.3, 0.4) is 0 Å². The fourth-order valence-electron chi connectivity index (χ4n) is 11.7. The number of nitrogens with zero attached hydrogens (tertiary/aromatic N) is 1. The van der Waals surface area contributed by atoms with Crippen molar-refractivity contribution in [2.24, 2.45) is 0 Å². The van der Waals surface area contributed by atoms with E-state index >= 15 is 0 Å². The molecule has 0 saturated carbocycles. The number of fused-ring (bicyclic) bond motifs is 9. The molecule has 0 amide bonds. The van der Waals surface area contributed by atoms with Gasteiger partial charge in [-0.3, -0.25) is 0 Å². The Balaban J connectivity index is 1.12. The van der Waals surface area contributed by atoms with E-state index in [1.54, 1.807) is 0 Å². The number of ether oxygens (including phenoxy) is 1. The maximum Gasteiger partial charge on any atom is 0.132 e. The summed E-state index contributed by atoms with van der Waals surface area (Å²) in [6.45, 7) is 13.9. The molecule has 12 rings (SSSR count). The Labute approximate surface area is 420 Å². The van der Waals surface area contributed by atoms with E-state index in [4.69, 9.17) is 4.74 Å². The lowest BCUT2D eigenvalue weighted by molar-refractivity contribution is 0.433. The van der Waals surface area contributed by atoms with Crippen molar-refractivity contribution in [3.05, 3.63) is 281 Å². The summed E-state index contributed by atoms with van der Waals surface area (Å²) in [5, 5.41) is 0. The third kappa shape index (κ3) is 7.47. The molecule has 9 aromatic rings. The molecule has 2 aliphatic carbocycles. The van der Waals surface area contributed by atoms with E-state index in [1.807, 2.05) is 0 Å². The van der Waals surface area contributed by atoms with E-state index in [0.717, 1.165) is 28.6 Å². The quantitative estimate of drug-likeness (QED) is 0.158. The molecule has 0 radical (unpaired) electrons. The summed E-state index contributed by atoms with van der Waals surface area (Å²) in [5.74, 6) is 2.15. The van der Waals surface area contributed by atoms with Gasteiger partial charge in [-0.25, -0.2) is 0 Å². The highest BCUT2D eigenvalue weighted by Gasteiger charge is 2.52. The average molecular weight is 918 g/mol. The van der Waals surface area contributed by atoms with Crippen molar-refractivity contribution in [1.29, 1.82) is 0 Å². The van der Waals surface area contributed by atoms with Crippen LogP contribution in [0.1, 0.15) is 97.9 Å². The van der Waals surface area contributed by atoms with Crippen molar-refractivity contribution < 1.29 is 4.74 Å². The van der Waals surface area contributed by atoms with Crippen LogP contribution in [0.4, 0.5) is 17.1 Å². The van der Waals surface area contributed by atoms with Gasteiger partial charge in [-0.15, -0.1) is 0 Å². The van der Waals surface area contributed by atoms with E-state index in [2.05, 4.69) is 283 Å². The molecule has 0 fully saturated rings. The predicted octanol–water partition coefficient (Wildman–Crippen LogP) is 18.5.